The number of aryl methyl sites for hydroxylation is 1. The fourth-order valence-electron chi connectivity index (χ4n) is 2.37. The van der Waals surface area contributed by atoms with Gasteiger partial charge in [0.25, 0.3) is 0 Å². The molecule has 0 fully saturated rings. The molecular weight excluding hydrogens is 337 g/mol. The van der Waals surface area contributed by atoms with Crippen molar-refractivity contribution in [3.8, 4) is 5.75 Å². The molecule has 0 atom stereocenters. The van der Waals surface area contributed by atoms with Crippen LogP contribution in [0.25, 0.3) is 0 Å². The minimum absolute atomic E-state index is 0.0857. The van der Waals surface area contributed by atoms with Gasteiger partial charge in [0, 0.05) is 17.7 Å². The van der Waals surface area contributed by atoms with Crippen LogP contribution in [0.3, 0.4) is 0 Å². The van der Waals surface area contributed by atoms with Gasteiger partial charge < -0.3 is 25.1 Å². The van der Waals surface area contributed by atoms with Crippen LogP contribution in [0.1, 0.15) is 18.4 Å². The molecule has 1 aromatic carbocycles. The van der Waals surface area contributed by atoms with Gasteiger partial charge in [0.2, 0.25) is 0 Å². The zero-order valence-electron chi connectivity index (χ0n) is 12.6. The van der Waals surface area contributed by atoms with Crippen molar-refractivity contribution in [2.45, 2.75) is 25.0 Å². The van der Waals surface area contributed by atoms with E-state index in [0.29, 0.717) is 0 Å². The lowest BCUT2D eigenvalue weighted by Crippen LogP contribution is -2.35. The van der Waals surface area contributed by atoms with Crippen molar-refractivity contribution in [1.82, 2.24) is 5.09 Å². The van der Waals surface area contributed by atoms with Crippen molar-refractivity contribution >= 4 is 13.5 Å². The van der Waals surface area contributed by atoms with Crippen LogP contribution in [0.4, 0.5) is 0 Å². The highest BCUT2D eigenvalue weighted by molar-refractivity contribution is 7.49. The van der Waals surface area contributed by atoms with E-state index in [9.17, 15) is 24.7 Å². The number of rotatable bonds is 6. The van der Waals surface area contributed by atoms with Crippen molar-refractivity contribution in [1.29, 1.82) is 0 Å². The number of carbonyl (C=O) groups is 1. The smallest absolute Gasteiger partial charge is 0.427 e. The Morgan fingerprint density at radius 2 is 1.75 bits per heavy atom. The third-order valence-electron chi connectivity index (χ3n) is 3.52. The monoisotopic (exact) mass is 355 g/mol. The molecular formula is C15H18NO7P. The molecule has 0 heterocycles. The maximum absolute atomic E-state index is 11.4. The number of allylic oxidation sites excluding steroid dienone is 2. The van der Waals surface area contributed by atoms with Crippen LogP contribution >= 0.6 is 7.75 Å². The fraction of sp³-hybridized carbons (Fsp3) is 0.267. The van der Waals surface area contributed by atoms with E-state index in [4.69, 9.17) is 9.79 Å². The Labute approximate surface area is 138 Å². The molecule has 9 heteroatoms. The Bertz CT molecular complexity index is 731. The molecule has 0 saturated carbocycles. The van der Waals surface area contributed by atoms with Gasteiger partial charge in [-0.25, -0.2) is 4.57 Å². The number of carbonyl (C=O) groups excluding carboxylic acids is 1. The lowest BCUT2D eigenvalue weighted by atomic mass is 9.91. The first-order valence-corrected chi connectivity index (χ1v) is 8.69. The van der Waals surface area contributed by atoms with Crippen LogP contribution in [0.5, 0.6) is 5.75 Å². The molecule has 130 valence electrons. The van der Waals surface area contributed by atoms with E-state index in [-0.39, 0.29) is 36.3 Å². The van der Waals surface area contributed by atoms with E-state index in [0.717, 1.165) is 17.7 Å². The average molecular weight is 355 g/mol. The van der Waals surface area contributed by atoms with Crippen LogP contribution in [0.15, 0.2) is 47.7 Å². The number of hydrogen-bond acceptors (Lipinski definition) is 5. The van der Waals surface area contributed by atoms with Gasteiger partial charge in [0.05, 0.1) is 6.42 Å². The number of nitrogens with one attached hydrogen (secondary N) is 1. The van der Waals surface area contributed by atoms with Gasteiger partial charge in [-0.2, -0.15) is 0 Å². The highest BCUT2D eigenvalue weighted by Crippen LogP contribution is 2.36. The van der Waals surface area contributed by atoms with Gasteiger partial charge >= 0.3 is 7.75 Å². The average Bonchev–Trinajstić information content (AvgIpc) is 2.45. The minimum atomic E-state index is -4.69. The second-order valence-corrected chi connectivity index (χ2v) is 6.82. The summed E-state index contributed by atoms with van der Waals surface area (Å²) in [7, 11) is -4.69. The molecule has 1 aromatic rings. The molecule has 24 heavy (non-hydrogen) atoms. The summed E-state index contributed by atoms with van der Waals surface area (Å²) in [6.45, 7) is 0. The van der Waals surface area contributed by atoms with Crippen molar-refractivity contribution in [3.63, 3.8) is 0 Å². The summed E-state index contributed by atoms with van der Waals surface area (Å²) in [4.78, 5) is 29.5. The third-order valence-corrected chi connectivity index (χ3v) is 4.08. The fourth-order valence-corrected chi connectivity index (χ4v) is 2.92. The summed E-state index contributed by atoms with van der Waals surface area (Å²) in [5, 5.41) is 31.7. The van der Waals surface area contributed by atoms with Gasteiger partial charge in [-0.3, -0.25) is 9.88 Å². The lowest BCUT2D eigenvalue weighted by Gasteiger charge is -2.28. The van der Waals surface area contributed by atoms with E-state index in [1.54, 1.807) is 12.1 Å². The summed E-state index contributed by atoms with van der Waals surface area (Å²) in [5.74, 6) is -2.71. The van der Waals surface area contributed by atoms with Gasteiger partial charge in [0.15, 0.2) is 11.6 Å². The molecule has 6 N–H and O–H groups in total. The molecule has 8 nitrogen and oxygen atoms in total. The molecule has 0 saturated heterocycles. The molecule has 0 unspecified atom stereocenters. The number of hydrogen-bond donors (Lipinski definition) is 6. The lowest BCUT2D eigenvalue weighted by molar-refractivity contribution is -0.131. The number of phenols is 1. The topological polar surface area (TPSA) is 147 Å². The van der Waals surface area contributed by atoms with Crippen molar-refractivity contribution < 1.29 is 34.5 Å². The number of aromatic hydroxyl groups is 1. The number of ketones is 1. The Morgan fingerprint density at radius 1 is 1.12 bits per heavy atom. The van der Waals surface area contributed by atoms with E-state index in [1.807, 2.05) is 5.09 Å². The molecule has 0 bridgehead atoms. The third kappa shape index (κ3) is 5.02. The number of phenolic OH excluding ortho intramolecular Hbond substituents is 1. The standard InChI is InChI=1S/C15H18NO7P/c17-11-3-1-10(2-4-11)7-8-15(19,20)13-6-5-12(18)9-14(13)16-24(21,22)23/h1-6,17,19-20H,7-9H2,(H3,16,21,22,23). The van der Waals surface area contributed by atoms with Crippen LogP contribution in [0.2, 0.25) is 0 Å². The summed E-state index contributed by atoms with van der Waals surface area (Å²) in [5.41, 5.74) is 0.358. The highest BCUT2D eigenvalue weighted by atomic mass is 31.2. The number of benzene rings is 1. The summed E-state index contributed by atoms with van der Waals surface area (Å²) >= 11 is 0. The van der Waals surface area contributed by atoms with Crippen molar-refractivity contribution in [3.05, 3.63) is 53.3 Å². The zero-order valence-corrected chi connectivity index (χ0v) is 13.5. The first kappa shape index (κ1) is 18.4. The van der Waals surface area contributed by atoms with Crippen molar-refractivity contribution in [2.75, 3.05) is 0 Å². The SMILES string of the molecule is O=C1C=CC(C(O)(O)CCc2ccc(O)cc2)=C(NP(=O)(O)O)C1. The van der Waals surface area contributed by atoms with Gasteiger partial charge in [0.1, 0.15) is 5.75 Å². The van der Waals surface area contributed by atoms with Crippen molar-refractivity contribution in [2.24, 2.45) is 0 Å². The summed E-state index contributed by atoms with van der Waals surface area (Å²) in [6, 6.07) is 6.17. The first-order valence-electron chi connectivity index (χ1n) is 7.08. The van der Waals surface area contributed by atoms with Gasteiger partial charge in [-0.15, -0.1) is 0 Å². The molecule has 1 aliphatic rings. The quantitative estimate of drug-likeness (QED) is 0.319. The van der Waals surface area contributed by atoms with Crippen LogP contribution in [-0.2, 0) is 15.8 Å². The Hall–Kier alpha value is -1.96. The highest BCUT2D eigenvalue weighted by Gasteiger charge is 2.33. The Balaban J connectivity index is 2.21. The second kappa shape index (κ2) is 6.88. The molecule has 0 radical (unpaired) electrons. The van der Waals surface area contributed by atoms with E-state index < -0.39 is 19.3 Å². The predicted octanol–water partition coefficient (Wildman–Crippen LogP) is 0.471. The maximum atomic E-state index is 11.4. The van der Waals surface area contributed by atoms with Crippen LogP contribution < -0.4 is 5.09 Å². The summed E-state index contributed by atoms with van der Waals surface area (Å²) < 4.78 is 11.1. The molecule has 1 aliphatic carbocycles. The molecule has 0 spiro atoms. The normalized spacial score (nSPS) is 15.8. The molecule has 0 amide bonds. The molecule has 0 aromatic heterocycles. The summed E-state index contributed by atoms with van der Waals surface area (Å²) in [6.07, 6.45) is 1.97. The Kier molecular flexibility index (Phi) is 5.27. The zero-order chi connectivity index (χ0) is 18.0. The minimum Gasteiger partial charge on any atom is -0.508 e. The van der Waals surface area contributed by atoms with E-state index in [2.05, 4.69) is 0 Å². The molecule has 2 rings (SSSR count). The first-order chi connectivity index (χ1) is 11.1. The van der Waals surface area contributed by atoms with Gasteiger partial charge in [-0.1, -0.05) is 12.1 Å². The molecule has 0 aliphatic heterocycles. The van der Waals surface area contributed by atoms with E-state index in [1.165, 1.54) is 12.1 Å². The largest absolute Gasteiger partial charge is 0.508 e. The Morgan fingerprint density at radius 3 is 2.33 bits per heavy atom. The predicted molar refractivity (Wildman–Crippen MR) is 84.6 cm³/mol. The van der Waals surface area contributed by atoms with Crippen LogP contribution in [-0.4, -0.2) is 36.7 Å². The number of aliphatic hydroxyl groups is 2. The van der Waals surface area contributed by atoms with Gasteiger partial charge in [-0.05, 0) is 36.3 Å². The van der Waals surface area contributed by atoms with E-state index >= 15 is 0 Å². The second-order valence-electron chi connectivity index (χ2n) is 5.51. The van der Waals surface area contributed by atoms with Crippen LogP contribution in [0, 0.1) is 0 Å². The maximum Gasteiger partial charge on any atom is 0.427 e.